The topological polar surface area (TPSA) is 112 Å². The van der Waals surface area contributed by atoms with Gasteiger partial charge in [-0.1, -0.05) is 42.5 Å². The molecule has 0 bridgehead atoms. The second kappa shape index (κ2) is 9.87. The molecule has 1 fully saturated rings. The van der Waals surface area contributed by atoms with Crippen molar-refractivity contribution in [3.8, 4) is 0 Å². The summed E-state index contributed by atoms with van der Waals surface area (Å²) in [7, 11) is 0. The van der Waals surface area contributed by atoms with E-state index < -0.39 is 12.1 Å². The van der Waals surface area contributed by atoms with Gasteiger partial charge in [-0.15, -0.1) is 0 Å². The molecule has 0 radical (unpaired) electrons. The number of anilines is 2. The van der Waals surface area contributed by atoms with Crippen LogP contribution in [0.5, 0.6) is 0 Å². The number of nitrogens with zero attached hydrogens (tertiary/aromatic N) is 2. The SMILES string of the molecule is Cc1nc(N)ccc1CNC(=O)C(C)NC(=O)C1CN(c2cccc3ccccc23)CCN1. The van der Waals surface area contributed by atoms with Crippen molar-refractivity contribution < 1.29 is 9.59 Å². The quantitative estimate of drug-likeness (QED) is 0.459. The first-order valence-corrected chi connectivity index (χ1v) is 11.2. The van der Waals surface area contributed by atoms with E-state index in [0.29, 0.717) is 25.5 Å². The number of nitrogens with two attached hydrogens (primary N) is 1. The summed E-state index contributed by atoms with van der Waals surface area (Å²) in [6, 6.07) is 17.0. The fraction of sp³-hybridized carbons (Fsp3) is 0.320. The lowest BCUT2D eigenvalue weighted by Crippen LogP contribution is -2.59. The highest BCUT2D eigenvalue weighted by molar-refractivity contribution is 5.95. The van der Waals surface area contributed by atoms with Crippen molar-refractivity contribution in [3.63, 3.8) is 0 Å². The highest BCUT2D eigenvalue weighted by Crippen LogP contribution is 2.27. The second-order valence-electron chi connectivity index (χ2n) is 8.38. The van der Waals surface area contributed by atoms with Crippen molar-refractivity contribution in [2.75, 3.05) is 30.3 Å². The van der Waals surface area contributed by atoms with Crippen molar-refractivity contribution >= 4 is 34.1 Å². The van der Waals surface area contributed by atoms with Crippen LogP contribution in [0.4, 0.5) is 11.5 Å². The number of nitrogens with one attached hydrogen (secondary N) is 3. The number of aromatic nitrogens is 1. The van der Waals surface area contributed by atoms with Crippen LogP contribution in [0.3, 0.4) is 0 Å². The van der Waals surface area contributed by atoms with E-state index in [4.69, 9.17) is 5.73 Å². The number of benzene rings is 2. The monoisotopic (exact) mass is 446 g/mol. The number of carbonyl (C=O) groups excluding carboxylic acids is 2. The third kappa shape index (κ3) is 5.23. The van der Waals surface area contributed by atoms with E-state index in [-0.39, 0.29) is 11.8 Å². The van der Waals surface area contributed by atoms with Crippen LogP contribution < -0.4 is 26.6 Å². The number of aryl methyl sites for hydroxylation is 1. The minimum atomic E-state index is -0.658. The molecule has 2 amide bonds. The molecule has 172 valence electrons. The van der Waals surface area contributed by atoms with E-state index >= 15 is 0 Å². The highest BCUT2D eigenvalue weighted by atomic mass is 16.2. The van der Waals surface area contributed by atoms with E-state index in [1.807, 2.05) is 31.2 Å². The minimum Gasteiger partial charge on any atom is -0.384 e. The van der Waals surface area contributed by atoms with E-state index in [2.05, 4.69) is 50.1 Å². The second-order valence-corrected chi connectivity index (χ2v) is 8.38. The Morgan fingerprint density at radius 2 is 1.97 bits per heavy atom. The summed E-state index contributed by atoms with van der Waals surface area (Å²) in [6.07, 6.45) is 0. The number of hydrogen-bond acceptors (Lipinski definition) is 6. The third-order valence-electron chi connectivity index (χ3n) is 6.02. The number of pyridine rings is 1. The van der Waals surface area contributed by atoms with Gasteiger partial charge >= 0.3 is 0 Å². The fourth-order valence-corrected chi connectivity index (χ4v) is 4.14. The van der Waals surface area contributed by atoms with E-state index in [1.54, 1.807) is 13.0 Å². The molecule has 3 aromatic rings. The van der Waals surface area contributed by atoms with Gasteiger partial charge in [0.05, 0.1) is 0 Å². The average molecular weight is 447 g/mol. The molecule has 1 aliphatic heterocycles. The molecular formula is C25H30N6O2. The molecule has 2 unspecified atom stereocenters. The predicted octanol–water partition coefficient (Wildman–Crippen LogP) is 1.72. The molecule has 33 heavy (non-hydrogen) atoms. The first-order valence-electron chi connectivity index (χ1n) is 11.2. The standard InChI is InChI=1S/C25H30N6O2/c1-16-19(10-11-23(26)29-16)14-28-24(32)17(2)30-25(33)21-15-31(13-12-27-21)22-9-5-7-18-6-3-4-8-20(18)22/h3-11,17,21,27H,12-15H2,1-2H3,(H2,26,29)(H,28,32)(H,30,33). The lowest BCUT2D eigenvalue weighted by Gasteiger charge is -2.35. The van der Waals surface area contributed by atoms with Crippen molar-refractivity contribution in [3.05, 3.63) is 65.9 Å². The summed E-state index contributed by atoms with van der Waals surface area (Å²) in [5, 5.41) is 11.3. The van der Waals surface area contributed by atoms with Crippen LogP contribution in [0, 0.1) is 6.92 Å². The van der Waals surface area contributed by atoms with E-state index in [9.17, 15) is 9.59 Å². The molecule has 8 heteroatoms. The number of piperazine rings is 1. The zero-order valence-electron chi connectivity index (χ0n) is 19.0. The van der Waals surface area contributed by atoms with Crippen LogP contribution in [-0.2, 0) is 16.1 Å². The van der Waals surface area contributed by atoms with Gasteiger partial charge in [0, 0.05) is 42.9 Å². The van der Waals surface area contributed by atoms with Gasteiger partial charge in [-0.05, 0) is 36.9 Å². The van der Waals surface area contributed by atoms with E-state index in [0.717, 1.165) is 23.5 Å². The van der Waals surface area contributed by atoms with Crippen molar-refractivity contribution in [2.24, 2.45) is 0 Å². The van der Waals surface area contributed by atoms with Crippen LogP contribution in [0.1, 0.15) is 18.2 Å². The molecule has 0 spiro atoms. The Kier molecular flexibility index (Phi) is 6.74. The highest BCUT2D eigenvalue weighted by Gasteiger charge is 2.28. The van der Waals surface area contributed by atoms with E-state index in [1.165, 1.54) is 10.8 Å². The molecule has 8 nitrogen and oxygen atoms in total. The van der Waals surface area contributed by atoms with Crippen molar-refractivity contribution in [1.82, 2.24) is 20.9 Å². The van der Waals surface area contributed by atoms with Gasteiger partial charge in [0.25, 0.3) is 0 Å². The first-order chi connectivity index (χ1) is 15.9. The number of hydrogen-bond donors (Lipinski definition) is 4. The molecule has 0 saturated carbocycles. The molecule has 2 atom stereocenters. The van der Waals surface area contributed by atoms with Crippen LogP contribution in [0.25, 0.3) is 10.8 Å². The zero-order valence-corrected chi connectivity index (χ0v) is 19.0. The van der Waals surface area contributed by atoms with Crippen LogP contribution in [-0.4, -0.2) is 48.5 Å². The molecule has 1 saturated heterocycles. The molecule has 1 aromatic heterocycles. The van der Waals surface area contributed by atoms with Gasteiger partial charge in [0.1, 0.15) is 17.9 Å². The minimum absolute atomic E-state index is 0.187. The summed E-state index contributed by atoms with van der Waals surface area (Å²) in [5.74, 6) is 0.00921. The molecule has 4 rings (SSSR count). The number of fused-ring (bicyclic) bond motifs is 1. The van der Waals surface area contributed by atoms with Crippen LogP contribution in [0.15, 0.2) is 54.6 Å². The Bertz CT molecular complexity index is 1160. The van der Waals surface area contributed by atoms with Gasteiger partial charge in [-0.3, -0.25) is 9.59 Å². The zero-order chi connectivity index (χ0) is 23.4. The Balaban J connectivity index is 1.35. The maximum atomic E-state index is 12.9. The number of amides is 2. The largest absolute Gasteiger partial charge is 0.384 e. The summed E-state index contributed by atoms with van der Waals surface area (Å²) in [5.41, 5.74) is 8.45. The molecule has 1 aliphatic rings. The van der Waals surface area contributed by atoms with Crippen LogP contribution in [0.2, 0.25) is 0 Å². The van der Waals surface area contributed by atoms with Gasteiger partial charge in [0.15, 0.2) is 0 Å². The summed E-state index contributed by atoms with van der Waals surface area (Å²) in [6.45, 7) is 5.89. The maximum Gasteiger partial charge on any atom is 0.242 e. The first kappa shape index (κ1) is 22.5. The summed E-state index contributed by atoms with van der Waals surface area (Å²) >= 11 is 0. The third-order valence-corrected chi connectivity index (χ3v) is 6.02. The van der Waals surface area contributed by atoms with Gasteiger partial charge in [-0.2, -0.15) is 0 Å². The Labute approximate surface area is 193 Å². The van der Waals surface area contributed by atoms with Gasteiger partial charge in [0.2, 0.25) is 11.8 Å². The molecular weight excluding hydrogens is 416 g/mol. The summed E-state index contributed by atoms with van der Waals surface area (Å²) in [4.78, 5) is 31.9. The molecule has 2 aromatic carbocycles. The predicted molar refractivity (Wildman–Crippen MR) is 131 cm³/mol. The Morgan fingerprint density at radius 3 is 2.79 bits per heavy atom. The Hall–Kier alpha value is -3.65. The smallest absolute Gasteiger partial charge is 0.242 e. The lowest BCUT2D eigenvalue weighted by molar-refractivity contribution is -0.129. The molecule has 0 aliphatic carbocycles. The number of carbonyl (C=O) groups is 2. The fourth-order valence-electron chi connectivity index (χ4n) is 4.14. The average Bonchev–Trinajstić information content (AvgIpc) is 2.83. The van der Waals surface area contributed by atoms with Crippen molar-refractivity contribution in [2.45, 2.75) is 32.5 Å². The number of rotatable bonds is 6. The van der Waals surface area contributed by atoms with Gasteiger partial charge in [-0.25, -0.2) is 4.98 Å². The van der Waals surface area contributed by atoms with Crippen molar-refractivity contribution in [1.29, 1.82) is 0 Å². The normalized spacial score (nSPS) is 16.9. The maximum absolute atomic E-state index is 12.9. The molecule has 2 heterocycles. The molecule has 5 N–H and O–H groups in total. The Morgan fingerprint density at radius 1 is 1.18 bits per heavy atom. The van der Waals surface area contributed by atoms with Crippen LogP contribution >= 0.6 is 0 Å². The summed E-state index contributed by atoms with van der Waals surface area (Å²) < 4.78 is 0. The lowest BCUT2D eigenvalue weighted by atomic mass is 10.1. The van der Waals surface area contributed by atoms with Gasteiger partial charge < -0.3 is 26.6 Å². The number of nitrogen functional groups attached to an aromatic ring is 1.